The molecule has 1 aromatic carbocycles. The third-order valence-corrected chi connectivity index (χ3v) is 4.63. The average molecular weight is 393 g/mol. The van der Waals surface area contributed by atoms with Crippen LogP contribution < -0.4 is 14.8 Å². The van der Waals surface area contributed by atoms with Crippen LogP contribution in [0.25, 0.3) is 0 Å². The lowest BCUT2D eigenvalue weighted by Gasteiger charge is -2.28. The number of ketones is 1. The van der Waals surface area contributed by atoms with Crippen molar-refractivity contribution in [2.45, 2.75) is 38.6 Å². The van der Waals surface area contributed by atoms with E-state index in [4.69, 9.17) is 14.2 Å². The number of Topliss-reactive ketones (excluding diaryl/α,β-unsaturated/α-hetero) is 1. The van der Waals surface area contributed by atoms with Gasteiger partial charge in [0, 0.05) is 24.5 Å². The molecule has 154 valence electrons. The summed E-state index contributed by atoms with van der Waals surface area (Å²) in [7, 11) is 1.49. The number of carbonyl (C=O) groups excluding carboxylic acids is 2. The van der Waals surface area contributed by atoms with Gasteiger partial charge in [-0.3, -0.25) is 9.59 Å². The Morgan fingerprint density at radius 2 is 2.11 bits per heavy atom. The van der Waals surface area contributed by atoms with E-state index >= 15 is 0 Å². The number of amides is 1. The SMILES string of the molecule is COc1cc(C(C)=O)ccc1OCCCC(=O)NC(C(=O)O)C1CCCOC1. The first kappa shape index (κ1) is 21.7. The summed E-state index contributed by atoms with van der Waals surface area (Å²) >= 11 is 0. The van der Waals surface area contributed by atoms with Crippen molar-refractivity contribution in [3.8, 4) is 11.5 Å². The molecule has 8 nitrogen and oxygen atoms in total. The van der Waals surface area contributed by atoms with E-state index in [0.29, 0.717) is 36.7 Å². The third kappa shape index (κ3) is 6.23. The van der Waals surface area contributed by atoms with Gasteiger partial charge in [0.2, 0.25) is 5.91 Å². The van der Waals surface area contributed by atoms with Gasteiger partial charge in [-0.25, -0.2) is 4.79 Å². The molecule has 0 saturated carbocycles. The molecule has 1 heterocycles. The van der Waals surface area contributed by atoms with Gasteiger partial charge in [0.25, 0.3) is 0 Å². The molecule has 0 bridgehead atoms. The van der Waals surface area contributed by atoms with E-state index in [9.17, 15) is 19.5 Å². The van der Waals surface area contributed by atoms with Crippen molar-refractivity contribution >= 4 is 17.7 Å². The van der Waals surface area contributed by atoms with Crippen LogP contribution in [0.5, 0.6) is 11.5 Å². The second-order valence-electron chi connectivity index (χ2n) is 6.73. The van der Waals surface area contributed by atoms with Crippen molar-refractivity contribution in [3.05, 3.63) is 23.8 Å². The maximum atomic E-state index is 12.1. The summed E-state index contributed by atoms with van der Waals surface area (Å²) in [6.07, 6.45) is 2.07. The number of nitrogens with one attached hydrogen (secondary N) is 1. The number of aliphatic carboxylic acids is 1. The van der Waals surface area contributed by atoms with Crippen LogP contribution in [0, 0.1) is 5.92 Å². The van der Waals surface area contributed by atoms with Crippen LogP contribution in [-0.4, -0.2) is 55.7 Å². The quantitative estimate of drug-likeness (QED) is 0.462. The molecule has 2 unspecified atom stereocenters. The van der Waals surface area contributed by atoms with Crippen molar-refractivity contribution in [1.82, 2.24) is 5.32 Å². The Morgan fingerprint density at radius 1 is 1.32 bits per heavy atom. The molecule has 8 heteroatoms. The minimum atomic E-state index is -1.05. The fourth-order valence-corrected chi connectivity index (χ4v) is 3.08. The number of hydrogen-bond acceptors (Lipinski definition) is 6. The van der Waals surface area contributed by atoms with Gasteiger partial charge in [0.1, 0.15) is 6.04 Å². The average Bonchev–Trinajstić information content (AvgIpc) is 2.69. The zero-order chi connectivity index (χ0) is 20.5. The topological polar surface area (TPSA) is 111 Å². The first-order valence-electron chi connectivity index (χ1n) is 9.34. The maximum absolute atomic E-state index is 12.1. The predicted octanol–water partition coefficient (Wildman–Crippen LogP) is 2.05. The molecular formula is C20H27NO7. The van der Waals surface area contributed by atoms with Crippen molar-refractivity contribution in [2.75, 3.05) is 26.9 Å². The summed E-state index contributed by atoms with van der Waals surface area (Å²) in [6.45, 7) is 2.70. The Balaban J connectivity index is 1.80. The molecule has 0 radical (unpaired) electrons. The summed E-state index contributed by atoms with van der Waals surface area (Å²) in [5.74, 6) is -0.736. The summed E-state index contributed by atoms with van der Waals surface area (Å²) in [6, 6.07) is 3.97. The lowest BCUT2D eigenvalue weighted by Crippen LogP contribution is -2.48. The Morgan fingerprint density at radius 3 is 2.71 bits per heavy atom. The van der Waals surface area contributed by atoms with E-state index in [-0.39, 0.29) is 30.6 Å². The molecule has 1 aliphatic heterocycles. The minimum Gasteiger partial charge on any atom is -0.493 e. The van der Waals surface area contributed by atoms with Gasteiger partial charge < -0.3 is 24.6 Å². The molecule has 1 fully saturated rings. The summed E-state index contributed by atoms with van der Waals surface area (Å²) in [5.41, 5.74) is 0.523. The van der Waals surface area contributed by atoms with Crippen LogP contribution in [0.15, 0.2) is 18.2 Å². The molecule has 1 saturated heterocycles. The highest BCUT2D eigenvalue weighted by molar-refractivity contribution is 5.94. The van der Waals surface area contributed by atoms with Crippen LogP contribution in [0.1, 0.15) is 43.0 Å². The molecular weight excluding hydrogens is 366 g/mol. The number of methoxy groups -OCH3 is 1. The second-order valence-corrected chi connectivity index (χ2v) is 6.73. The van der Waals surface area contributed by atoms with E-state index in [1.54, 1.807) is 18.2 Å². The normalized spacial score (nSPS) is 17.4. The molecule has 2 atom stereocenters. The predicted molar refractivity (Wildman–Crippen MR) is 101 cm³/mol. The van der Waals surface area contributed by atoms with Crippen molar-refractivity contribution in [2.24, 2.45) is 5.92 Å². The summed E-state index contributed by atoms with van der Waals surface area (Å²) < 4.78 is 16.2. The molecule has 0 aliphatic carbocycles. The monoisotopic (exact) mass is 393 g/mol. The number of carboxylic acids is 1. The summed E-state index contributed by atoms with van der Waals surface area (Å²) in [4.78, 5) is 35.0. The van der Waals surface area contributed by atoms with Crippen molar-refractivity contribution in [1.29, 1.82) is 0 Å². The van der Waals surface area contributed by atoms with Gasteiger partial charge in [-0.15, -0.1) is 0 Å². The highest BCUT2D eigenvalue weighted by Crippen LogP contribution is 2.28. The highest BCUT2D eigenvalue weighted by Gasteiger charge is 2.31. The standard InChI is InChI=1S/C20H27NO7/c1-13(22)14-7-8-16(17(11-14)26-2)28-10-4-6-18(23)21-19(20(24)25)15-5-3-9-27-12-15/h7-8,11,15,19H,3-6,9-10,12H2,1-2H3,(H,21,23)(H,24,25). The highest BCUT2D eigenvalue weighted by atomic mass is 16.5. The summed E-state index contributed by atoms with van der Waals surface area (Å²) in [5, 5.41) is 12.0. The first-order valence-corrected chi connectivity index (χ1v) is 9.34. The first-order chi connectivity index (χ1) is 13.4. The molecule has 1 amide bonds. The molecule has 1 aliphatic rings. The van der Waals surface area contributed by atoms with E-state index in [0.717, 1.165) is 12.8 Å². The van der Waals surface area contributed by atoms with Gasteiger partial charge in [-0.05, 0) is 44.4 Å². The van der Waals surface area contributed by atoms with Crippen LogP contribution in [-0.2, 0) is 14.3 Å². The number of hydrogen-bond donors (Lipinski definition) is 2. The zero-order valence-electron chi connectivity index (χ0n) is 16.2. The third-order valence-electron chi connectivity index (χ3n) is 4.63. The maximum Gasteiger partial charge on any atom is 0.326 e. The molecule has 0 spiro atoms. The van der Waals surface area contributed by atoms with Gasteiger partial charge in [0.05, 0.1) is 20.3 Å². The van der Waals surface area contributed by atoms with Gasteiger partial charge in [-0.2, -0.15) is 0 Å². The number of rotatable bonds is 10. The van der Waals surface area contributed by atoms with Crippen LogP contribution >= 0.6 is 0 Å². The van der Waals surface area contributed by atoms with Gasteiger partial charge in [-0.1, -0.05) is 0 Å². The lowest BCUT2D eigenvalue weighted by molar-refractivity contribution is -0.145. The Labute approximate surface area is 164 Å². The van der Waals surface area contributed by atoms with Crippen LogP contribution in [0.2, 0.25) is 0 Å². The Hall–Kier alpha value is -2.61. The number of benzene rings is 1. The second kappa shape index (κ2) is 10.7. The van der Waals surface area contributed by atoms with E-state index in [1.807, 2.05) is 0 Å². The minimum absolute atomic E-state index is 0.0714. The van der Waals surface area contributed by atoms with Gasteiger partial charge >= 0.3 is 5.97 Å². The van der Waals surface area contributed by atoms with Crippen LogP contribution in [0.4, 0.5) is 0 Å². The fourth-order valence-electron chi connectivity index (χ4n) is 3.08. The van der Waals surface area contributed by atoms with E-state index in [1.165, 1.54) is 14.0 Å². The molecule has 2 N–H and O–H groups in total. The molecule has 1 aromatic rings. The number of carboxylic acid groups (broad SMARTS) is 1. The zero-order valence-corrected chi connectivity index (χ0v) is 16.2. The fraction of sp³-hybridized carbons (Fsp3) is 0.550. The largest absolute Gasteiger partial charge is 0.493 e. The van der Waals surface area contributed by atoms with E-state index < -0.39 is 12.0 Å². The number of ether oxygens (including phenoxy) is 3. The Bertz CT molecular complexity index is 698. The van der Waals surface area contributed by atoms with Crippen LogP contribution in [0.3, 0.4) is 0 Å². The molecule has 28 heavy (non-hydrogen) atoms. The van der Waals surface area contributed by atoms with Crippen molar-refractivity contribution in [3.63, 3.8) is 0 Å². The van der Waals surface area contributed by atoms with E-state index in [2.05, 4.69) is 5.32 Å². The van der Waals surface area contributed by atoms with Crippen molar-refractivity contribution < 1.29 is 33.7 Å². The Kier molecular flexibility index (Phi) is 8.25. The smallest absolute Gasteiger partial charge is 0.326 e. The lowest BCUT2D eigenvalue weighted by atomic mass is 9.93. The number of carbonyl (C=O) groups is 3. The molecule has 2 rings (SSSR count). The molecule has 0 aromatic heterocycles. The van der Waals surface area contributed by atoms with Gasteiger partial charge in [0.15, 0.2) is 17.3 Å².